The summed E-state index contributed by atoms with van der Waals surface area (Å²) >= 11 is 0. The van der Waals surface area contributed by atoms with Gasteiger partial charge in [0.1, 0.15) is 12.6 Å². The van der Waals surface area contributed by atoms with Gasteiger partial charge >= 0.3 is 0 Å². The molecule has 0 spiro atoms. The lowest BCUT2D eigenvalue weighted by Gasteiger charge is -2.18. The first-order valence-corrected chi connectivity index (χ1v) is 17.9. The molecule has 8 nitrogen and oxygen atoms in total. The molecule has 0 unspecified atom stereocenters. The maximum absolute atomic E-state index is 12.7. The van der Waals surface area contributed by atoms with Crippen LogP contribution >= 0.6 is 0 Å². The normalized spacial score (nSPS) is 11.9. The topological polar surface area (TPSA) is 103 Å². The third kappa shape index (κ3) is 7.03. The van der Waals surface area contributed by atoms with Crippen LogP contribution in [0, 0.1) is 0 Å². The summed E-state index contributed by atoms with van der Waals surface area (Å²) in [6, 6.07) is 21.5. The van der Waals surface area contributed by atoms with Gasteiger partial charge in [0.2, 0.25) is 10.0 Å². The molecule has 0 saturated carbocycles. The number of ether oxygens (including phenoxy) is 1. The van der Waals surface area contributed by atoms with E-state index < -0.39 is 24.0 Å². The number of carbonyl (C=O) groups is 1. The van der Waals surface area contributed by atoms with E-state index in [1.54, 1.807) is 30.6 Å². The molecule has 0 saturated heterocycles. The lowest BCUT2D eigenvalue weighted by molar-refractivity contribution is 0.0893. The monoisotopic (exact) mass is 548 g/mol. The van der Waals surface area contributed by atoms with Crippen LogP contribution in [0.3, 0.4) is 0 Å². The Morgan fingerprint density at radius 3 is 2.29 bits per heavy atom. The maximum Gasteiger partial charge on any atom is 0.264 e. The summed E-state index contributed by atoms with van der Waals surface area (Å²) in [4.78, 5) is 21.9. The van der Waals surface area contributed by atoms with Gasteiger partial charge in [-0.15, -0.1) is 0 Å². The predicted octanol–water partition coefficient (Wildman–Crippen LogP) is 5.28. The van der Waals surface area contributed by atoms with E-state index in [4.69, 9.17) is 9.72 Å². The van der Waals surface area contributed by atoms with Crippen molar-refractivity contribution < 1.29 is 17.9 Å². The van der Waals surface area contributed by atoms with Crippen molar-refractivity contribution in [1.29, 1.82) is 0 Å². The Hall–Kier alpha value is -3.60. The minimum absolute atomic E-state index is 0.224. The van der Waals surface area contributed by atoms with Gasteiger partial charge in [-0.1, -0.05) is 62.1 Å². The molecule has 0 aliphatic rings. The zero-order valence-corrected chi connectivity index (χ0v) is 23.8. The third-order valence-electron chi connectivity index (χ3n) is 5.85. The molecular weight excluding hydrogens is 516 g/mol. The van der Waals surface area contributed by atoms with Crippen LogP contribution in [-0.4, -0.2) is 49.8 Å². The van der Waals surface area contributed by atoms with E-state index in [-0.39, 0.29) is 12.3 Å². The molecular formula is C28H32N4O4SSi. The molecule has 2 heterocycles. The summed E-state index contributed by atoms with van der Waals surface area (Å²) < 4.78 is 33.6. The Labute approximate surface area is 224 Å². The highest BCUT2D eigenvalue weighted by Crippen LogP contribution is 2.36. The van der Waals surface area contributed by atoms with Gasteiger partial charge in [0.25, 0.3) is 5.91 Å². The smallest absolute Gasteiger partial charge is 0.264 e. The molecule has 0 atom stereocenters. The van der Waals surface area contributed by atoms with Gasteiger partial charge in [-0.3, -0.25) is 14.3 Å². The SMILES string of the molecule is C[Si](C)(C)CCOCn1c(-c2ccccc2)nc(-c2ccncc2)c1-c1cccc(C(=O)NS(C)(=O)=O)c1. The Bertz CT molecular complexity index is 1520. The highest BCUT2D eigenvalue weighted by Gasteiger charge is 2.23. The summed E-state index contributed by atoms with van der Waals surface area (Å²) in [7, 11) is -5.00. The number of carbonyl (C=O) groups excluding carboxylic acids is 1. The molecule has 198 valence electrons. The van der Waals surface area contributed by atoms with Crippen molar-refractivity contribution in [2.75, 3.05) is 12.9 Å². The van der Waals surface area contributed by atoms with Gasteiger partial charge in [-0.25, -0.2) is 18.1 Å². The molecule has 2 aromatic carbocycles. The van der Waals surface area contributed by atoms with Crippen molar-refractivity contribution in [3.8, 4) is 33.9 Å². The molecule has 0 radical (unpaired) electrons. The Kier molecular flexibility index (Phi) is 8.25. The van der Waals surface area contributed by atoms with Crippen LogP contribution in [0.1, 0.15) is 10.4 Å². The number of hydrogen-bond acceptors (Lipinski definition) is 6. The molecule has 0 aliphatic heterocycles. The summed E-state index contributed by atoms with van der Waals surface area (Å²) in [6.07, 6.45) is 4.37. The minimum Gasteiger partial charge on any atom is -0.361 e. The number of pyridine rings is 1. The van der Waals surface area contributed by atoms with E-state index in [1.807, 2.05) is 57.8 Å². The lowest BCUT2D eigenvalue weighted by atomic mass is 10.0. The Morgan fingerprint density at radius 2 is 1.63 bits per heavy atom. The first-order chi connectivity index (χ1) is 18.0. The number of aromatic nitrogens is 3. The van der Waals surface area contributed by atoms with Gasteiger partial charge in [0, 0.05) is 49.3 Å². The van der Waals surface area contributed by atoms with Crippen LogP contribution in [0.2, 0.25) is 25.7 Å². The quantitative estimate of drug-likeness (QED) is 0.214. The predicted molar refractivity (Wildman–Crippen MR) is 153 cm³/mol. The number of nitrogens with zero attached hydrogens (tertiary/aromatic N) is 3. The lowest BCUT2D eigenvalue weighted by Crippen LogP contribution is -2.29. The first kappa shape index (κ1) is 27.4. The highest BCUT2D eigenvalue weighted by molar-refractivity contribution is 7.89. The number of hydrogen-bond donors (Lipinski definition) is 1. The van der Waals surface area contributed by atoms with Crippen molar-refractivity contribution in [1.82, 2.24) is 19.3 Å². The number of nitrogens with one attached hydrogen (secondary N) is 1. The zero-order chi connectivity index (χ0) is 27.3. The van der Waals surface area contributed by atoms with E-state index in [9.17, 15) is 13.2 Å². The summed E-state index contributed by atoms with van der Waals surface area (Å²) in [5, 5.41) is 0. The van der Waals surface area contributed by atoms with E-state index >= 15 is 0 Å². The van der Waals surface area contributed by atoms with Crippen LogP contribution in [0.15, 0.2) is 79.1 Å². The zero-order valence-electron chi connectivity index (χ0n) is 22.0. The number of rotatable bonds is 10. The molecule has 1 amide bonds. The van der Waals surface area contributed by atoms with Gasteiger partial charge in [0.15, 0.2) is 0 Å². The van der Waals surface area contributed by atoms with E-state index in [0.717, 1.165) is 34.9 Å². The van der Waals surface area contributed by atoms with Crippen LogP contribution in [0.5, 0.6) is 0 Å². The second-order valence-corrected chi connectivity index (χ2v) is 17.7. The van der Waals surface area contributed by atoms with Crippen molar-refractivity contribution in [2.45, 2.75) is 32.4 Å². The maximum atomic E-state index is 12.7. The second kappa shape index (κ2) is 11.4. The van der Waals surface area contributed by atoms with E-state index in [2.05, 4.69) is 24.6 Å². The fourth-order valence-corrected chi connectivity index (χ4v) is 5.17. The molecule has 2 aromatic heterocycles. The van der Waals surface area contributed by atoms with Crippen LogP contribution in [-0.2, 0) is 21.5 Å². The summed E-state index contributed by atoms with van der Waals surface area (Å²) in [6.45, 7) is 7.82. The fourth-order valence-electron chi connectivity index (χ4n) is 3.96. The van der Waals surface area contributed by atoms with Gasteiger partial charge in [-0.05, 0) is 30.3 Å². The van der Waals surface area contributed by atoms with Crippen molar-refractivity contribution in [2.24, 2.45) is 0 Å². The van der Waals surface area contributed by atoms with Gasteiger partial charge in [0.05, 0.1) is 17.6 Å². The first-order valence-electron chi connectivity index (χ1n) is 12.3. The molecule has 1 N–H and O–H groups in total. The molecule has 0 bridgehead atoms. The van der Waals surface area contributed by atoms with Crippen molar-refractivity contribution >= 4 is 24.0 Å². The van der Waals surface area contributed by atoms with Crippen LogP contribution < -0.4 is 4.72 Å². The number of benzene rings is 2. The number of imidazole rings is 1. The fraction of sp³-hybridized carbons (Fsp3) is 0.250. The van der Waals surface area contributed by atoms with Crippen molar-refractivity contribution in [3.63, 3.8) is 0 Å². The average Bonchev–Trinajstić information content (AvgIpc) is 3.26. The van der Waals surface area contributed by atoms with Crippen LogP contribution in [0.4, 0.5) is 0 Å². The molecule has 4 rings (SSSR count). The highest BCUT2D eigenvalue weighted by atomic mass is 32.2. The second-order valence-electron chi connectivity index (χ2n) is 10.3. The standard InChI is InChI=1S/C28H32N4O4SSi/c1-37(34,35)31-28(33)24-12-8-11-23(19-24)26-25(21-13-15-29-16-14-21)30-27(22-9-6-5-7-10-22)32(26)20-36-17-18-38(2,3)4/h5-16,19H,17-18,20H2,1-4H3,(H,31,33). The van der Waals surface area contributed by atoms with Gasteiger partial charge < -0.3 is 4.74 Å². The van der Waals surface area contributed by atoms with Gasteiger partial charge in [-0.2, -0.15) is 0 Å². The number of amides is 1. The molecule has 10 heteroatoms. The third-order valence-corrected chi connectivity index (χ3v) is 8.11. The molecule has 0 aliphatic carbocycles. The number of sulfonamides is 1. The summed E-state index contributed by atoms with van der Waals surface area (Å²) in [5.74, 6) is 0.0342. The molecule has 4 aromatic rings. The van der Waals surface area contributed by atoms with E-state index in [0.29, 0.717) is 17.9 Å². The molecule has 38 heavy (non-hydrogen) atoms. The van der Waals surface area contributed by atoms with Crippen LogP contribution in [0.25, 0.3) is 33.9 Å². The molecule has 0 fully saturated rings. The Morgan fingerprint density at radius 1 is 0.947 bits per heavy atom. The van der Waals surface area contributed by atoms with Crippen molar-refractivity contribution in [3.05, 3.63) is 84.7 Å². The summed E-state index contributed by atoms with van der Waals surface area (Å²) in [5.41, 5.74) is 4.19. The minimum atomic E-state index is -3.71. The largest absolute Gasteiger partial charge is 0.361 e. The van der Waals surface area contributed by atoms with E-state index in [1.165, 1.54) is 0 Å². The average molecular weight is 549 g/mol. The Balaban J connectivity index is 1.88.